The van der Waals surface area contributed by atoms with Crippen LogP contribution in [0, 0.1) is 13.8 Å². The van der Waals surface area contributed by atoms with Gasteiger partial charge in [-0.25, -0.2) is 14.8 Å². The van der Waals surface area contributed by atoms with E-state index in [9.17, 15) is 4.79 Å². The van der Waals surface area contributed by atoms with Crippen molar-refractivity contribution in [3.8, 4) is 11.5 Å². The first kappa shape index (κ1) is 19.9. The maximum absolute atomic E-state index is 12.0. The smallest absolute Gasteiger partial charge is 0.349 e. The molecule has 0 fully saturated rings. The number of halogens is 2. The summed E-state index contributed by atoms with van der Waals surface area (Å²) >= 11 is 11.8. The van der Waals surface area contributed by atoms with E-state index in [1.54, 1.807) is 36.4 Å². The van der Waals surface area contributed by atoms with Crippen LogP contribution >= 0.6 is 23.2 Å². The summed E-state index contributed by atoms with van der Waals surface area (Å²) in [5.41, 5.74) is 2.52. The number of benzene rings is 2. The lowest BCUT2D eigenvalue weighted by Crippen LogP contribution is -2.17. The molecule has 28 heavy (non-hydrogen) atoms. The van der Waals surface area contributed by atoms with Crippen LogP contribution in [0.2, 0.25) is 10.0 Å². The highest BCUT2D eigenvalue weighted by Gasteiger charge is 2.09. The standard InChI is InChI=1S/C20H17Cl2N3O3/c1-12-9-13(2)24-20(23-12)25-15-4-6-16(7-5-15)28-19(26)11-27-18-8-3-14(21)10-17(18)22/h3-10H,11H2,1-2H3,(H,23,24,25). The first-order valence-electron chi connectivity index (χ1n) is 8.37. The van der Waals surface area contributed by atoms with Crippen molar-refractivity contribution in [3.63, 3.8) is 0 Å². The van der Waals surface area contributed by atoms with E-state index in [-0.39, 0.29) is 6.61 Å². The minimum absolute atomic E-state index is 0.280. The van der Waals surface area contributed by atoms with Crippen molar-refractivity contribution in [2.75, 3.05) is 11.9 Å². The number of rotatable bonds is 6. The molecule has 2 aromatic carbocycles. The summed E-state index contributed by atoms with van der Waals surface area (Å²) in [5.74, 6) is 0.707. The molecule has 0 amide bonds. The zero-order chi connectivity index (χ0) is 20.1. The summed E-state index contributed by atoms with van der Waals surface area (Å²) in [5, 5.41) is 3.92. The molecular formula is C20H17Cl2N3O3. The molecule has 0 aliphatic heterocycles. The Kier molecular flexibility index (Phi) is 6.34. The molecule has 1 aromatic heterocycles. The van der Waals surface area contributed by atoms with E-state index in [1.165, 1.54) is 6.07 Å². The Morgan fingerprint density at radius 2 is 1.68 bits per heavy atom. The Hall–Kier alpha value is -2.83. The summed E-state index contributed by atoms with van der Waals surface area (Å²) in [6, 6.07) is 13.5. The zero-order valence-electron chi connectivity index (χ0n) is 15.2. The topological polar surface area (TPSA) is 73.3 Å². The van der Waals surface area contributed by atoms with Gasteiger partial charge in [-0.2, -0.15) is 0 Å². The summed E-state index contributed by atoms with van der Waals surface area (Å²) in [6.07, 6.45) is 0. The maximum Gasteiger partial charge on any atom is 0.349 e. The van der Waals surface area contributed by atoms with Gasteiger partial charge in [-0.3, -0.25) is 0 Å². The van der Waals surface area contributed by atoms with Gasteiger partial charge in [0.25, 0.3) is 0 Å². The van der Waals surface area contributed by atoms with Crippen molar-refractivity contribution in [2.24, 2.45) is 0 Å². The van der Waals surface area contributed by atoms with Crippen molar-refractivity contribution in [2.45, 2.75) is 13.8 Å². The molecule has 3 aromatic rings. The maximum atomic E-state index is 12.0. The molecule has 0 aliphatic carbocycles. The Morgan fingerprint density at radius 1 is 1.00 bits per heavy atom. The number of carbonyl (C=O) groups is 1. The van der Waals surface area contributed by atoms with Gasteiger partial charge in [0.05, 0.1) is 5.02 Å². The molecule has 0 spiro atoms. The van der Waals surface area contributed by atoms with Crippen molar-refractivity contribution in [3.05, 3.63) is 70.0 Å². The molecule has 0 atom stereocenters. The highest BCUT2D eigenvalue weighted by Crippen LogP contribution is 2.27. The molecule has 0 bridgehead atoms. The van der Waals surface area contributed by atoms with E-state index in [4.69, 9.17) is 32.7 Å². The molecule has 3 rings (SSSR count). The molecule has 0 saturated carbocycles. The second-order valence-corrected chi connectivity index (χ2v) is 6.80. The number of aromatic nitrogens is 2. The van der Waals surface area contributed by atoms with Gasteiger partial charge in [0.2, 0.25) is 5.95 Å². The number of nitrogens with zero attached hydrogens (tertiary/aromatic N) is 2. The van der Waals surface area contributed by atoms with E-state index < -0.39 is 5.97 Å². The Labute approximate surface area is 172 Å². The number of ether oxygens (including phenoxy) is 2. The van der Waals surface area contributed by atoms with Crippen LogP contribution in [0.5, 0.6) is 11.5 Å². The zero-order valence-corrected chi connectivity index (χ0v) is 16.7. The number of carbonyl (C=O) groups excluding carboxylic acids is 1. The number of esters is 1. The van der Waals surface area contributed by atoms with Crippen LogP contribution in [-0.2, 0) is 4.79 Å². The monoisotopic (exact) mass is 417 g/mol. The Balaban J connectivity index is 1.55. The molecule has 1 N–H and O–H groups in total. The molecule has 0 radical (unpaired) electrons. The fraction of sp³-hybridized carbons (Fsp3) is 0.150. The number of anilines is 2. The second-order valence-electron chi connectivity index (χ2n) is 5.96. The van der Waals surface area contributed by atoms with Crippen molar-refractivity contribution in [1.29, 1.82) is 0 Å². The van der Waals surface area contributed by atoms with Crippen molar-refractivity contribution < 1.29 is 14.3 Å². The number of aryl methyl sites for hydroxylation is 2. The first-order valence-corrected chi connectivity index (χ1v) is 9.12. The van der Waals surface area contributed by atoms with Gasteiger partial charge in [0.1, 0.15) is 11.5 Å². The van der Waals surface area contributed by atoms with Crippen LogP contribution < -0.4 is 14.8 Å². The van der Waals surface area contributed by atoms with Gasteiger partial charge in [-0.15, -0.1) is 0 Å². The van der Waals surface area contributed by atoms with Gasteiger partial charge in [0.15, 0.2) is 6.61 Å². The van der Waals surface area contributed by atoms with Gasteiger partial charge in [-0.05, 0) is 62.4 Å². The van der Waals surface area contributed by atoms with E-state index in [1.807, 2.05) is 19.9 Å². The summed E-state index contributed by atoms with van der Waals surface area (Å²) in [6.45, 7) is 3.53. The molecule has 0 aliphatic rings. The Bertz CT molecular complexity index is 974. The van der Waals surface area contributed by atoms with Gasteiger partial charge in [0, 0.05) is 22.1 Å². The third-order valence-corrected chi connectivity index (χ3v) is 4.09. The number of hydrogen-bond acceptors (Lipinski definition) is 6. The summed E-state index contributed by atoms with van der Waals surface area (Å²) < 4.78 is 10.6. The molecule has 0 saturated heterocycles. The lowest BCUT2D eigenvalue weighted by molar-refractivity contribution is -0.136. The lowest BCUT2D eigenvalue weighted by atomic mass is 10.3. The van der Waals surface area contributed by atoms with Gasteiger partial charge >= 0.3 is 5.97 Å². The van der Waals surface area contributed by atoms with Gasteiger partial charge < -0.3 is 14.8 Å². The number of hydrogen-bond donors (Lipinski definition) is 1. The van der Waals surface area contributed by atoms with Crippen LogP contribution in [0.1, 0.15) is 11.4 Å². The minimum atomic E-state index is -0.552. The molecule has 6 nitrogen and oxygen atoms in total. The van der Waals surface area contributed by atoms with Crippen LogP contribution in [0.15, 0.2) is 48.5 Å². The quantitative estimate of drug-likeness (QED) is 0.442. The predicted molar refractivity (Wildman–Crippen MR) is 109 cm³/mol. The van der Waals surface area contributed by atoms with Crippen LogP contribution in [0.3, 0.4) is 0 Å². The van der Waals surface area contributed by atoms with Crippen molar-refractivity contribution in [1.82, 2.24) is 9.97 Å². The average Bonchev–Trinajstić information content (AvgIpc) is 2.62. The Morgan fingerprint density at radius 3 is 2.32 bits per heavy atom. The number of nitrogens with one attached hydrogen (secondary N) is 1. The van der Waals surface area contributed by atoms with Crippen LogP contribution in [0.25, 0.3) is 0 Å². The van der Waals surface area contributed by atoms with E-state index >= 15 is 0 Å². The molecule has 144 valence electrons. The highest BCUT2D eigenvalue weighted by molar-refractivity contribution is 6.35. The fourth-order valence-electron chi connectivity index (χ4n) is 2.41. The second kappa shape index (κ2) is 8.91. The SMILES string of the molecule is Cc1cc(C)nc(Nc2ccc(OC(=O)COc3ccc(Cl)cc3Cl)cc2)n1. The largest absolute Gasteiger partial charge is 0.480 e. The summed E-state index contributed by atoms with van der Waals surface area (Å²) in [7, 11) is 0. The van der Waals surface area contributed by atoms with E-state index in [0.717, 1.165) is 17.1 Å². The lowest BCUT2D eigenvalue weighted by Gasteiger charge is -2.09. The summed E-state index contributed by atoms with van der Waals surface area (Å²) in [4.78, 5) is 20.6. The third-order valence-electron chi connectivity index (χ3n) is 3.56. The molecule has 0 unspecified atom stereocenters. The van der Waals surface area contributed by atoms with E-state index in [2.05, 4.69) is 15.3 Å². The third kappa shape index (κ3) is 5.58. The first-order chi connectivity index (χ1) is 13.4. The molecule has 8 heteroatoms. The molecule has 1 heterocycles. The molecular weight excluding hydrogens is 401 g/mol. The minimum Gasteiger partial charge on any atom is -0.480 e. The van der Waals surface area contributed by atoms with Crippen molar-refractivity contribution >= 4 is 40.8 Å². The van der Waals surface area contributed by atoms with E-state index in [0.29, 0.717) is 27.5 Å². The van der Waals surface area contributed by atoms with Gasteiger partial charge in [-0.1, -0.05) is 23.2 Å². The van der Waals surface area contributed by atoms with Crippen LogP contribution in [0.4, 0.5) is 11.6 Å². The van der Waals surface area contributed by atoms with Crippen LogP contribution in [-0.4, -0.2) is 22.5 Å². The fourth-order valence-corrected chi connectivity index (χ4v) is 2.87. The average molecular weight is 418 g/mol. The highest BCUT2D eigenvalue weighted by atomic mass is 35.5. The normalized spacial score (nSPS) is 10.4. The predicted octanol–water partition coefficient (Wildman–Crippen LogP) is 5.13.